The Labute approximate surface area is 201 Å². The van der Waals surface area contributed by atoms with Gasteiger partial charge in [-0.25, -0.2) is 0 Å². The molecular weight excluding hydrogens is 438 g/mol. The van der Waals surface area contributed by atoms with Crippen LogP contribution in [-0.2, 0) is 14.4 Å². The molecule has 4 saturated carbocycles. The molecule has 5 aliphatic rings. The molecule has 6 nitrogen and oxygen atoms in total. The number of amides is 3. The van der Waals surface area contributed by atoms with Gasteiger partial charge in [0.05, 0.1) is 17.9 Å². The molecule has 1 aliphatic heterocycles. The van der Waals surface area contributed by atoms with Crippen LogP contribution >= 0.6 is 11.6 Å². The van der Waals surface area contributed by atoms with E-state index in [0.717, 1.165) is 42.6 Å². The lowest BCUT2D eigenvalue weighted by atomic mass is 9.49. The molecule has 1 atom stereocenters. The summed E-state index contributed by atoms with van der Waals surface area (Å²) >= 11 is 5.99. The van der Waals surface area contributed by atoms with Crippen molar-refractivity contribution in [3.05, 3.63) is 34.9 Å². The minimum atomic E-state index is -0.390. The van der Waals surface area contributed by atoms with E-state index in [-0.39, 0.29) is 29.7 Å². The predicted octanol–water partition coefficient (Wildman–Crippen LogP) is 3.79. The third kappa shape index (κ3) is 4.64. The smallest absolute Gasteiger partial charge is 0.228 e. The first-order chi connectivity index (χ1) is 15.8. The highest BCUT2D eigenvalue weighted by Crippen LogP contribution is 2.60. The number of halogens is 1. The van der Waals surface area contributed by atoms with Gasteiger partial charge in [-0.1, -0.05) is 23.7 Å². The molecule has 0 spiro atoms. The number of carbonyl (C=O) groups excluding carboxylic acids is 3. The largest absolute Gasteiger partial charge is 0.349 e. The zero-order chi connectivity index (χ0) is 23.2. The molecule has 1 N–H and O–H groups in total. The number of carbonyl (C=O) groups is 3. The monoisotopic (exact) mass is 471 g/mol. The van der Waals surface area contributed by atoms with Gasteiger partial charge in [0, 0.05) is 38.1 Å². The Kier molecular flexibility index (Phi) is 6.15. The zero-order valence-electron chi connectivity index (χ0n) is 19.4. The van der Waals surface area contributed by atoms with Crippen LogP contribution in [0.2, 0.25) is 5.02 Å². The molecule has 5 fully saturated rings. The molecule has 1 aromatic carbocycles. The zero-order valence-corrected chi connectivity index (χ0v) is 20.2. The van der Waals surface area contributed by atoms with Crippen molar-refractivity contribution in [3.63, 3.8) is 0 Å². The maximum atomic E-state index is 13.6. The van der Waals surface area contributed by atoms with Crippen LogP contribution < -0.4 is 5.32 Å². The second kappa shape index (κ2) is 8.94. The Morgan fingerprint density at radius 3 is 1.97 bits per heavy atom. The van der Waals surface area contributed by atoms with E-state index in [1.165, 1.54) is 26.2 Å². The highest BCUT2D eigenvalue weighted by molar-refractivity contribution is 6.30. The lowest BCUT2D eigenvalue weighted by Gasteiger charge is -2.57. The first-order valence-corrected chi connectivity index (χ1v) is 12.8. The van der Waals surface area contributed by atoms with E-state index in [4.69, 9.17) is 11.6 Å². The third-order valence-electron chi connectivity index (χ3n) is 8.44. The number of hydrogen-bond donors (Lipinski definition) is 1. The quantitative estimate of drug-likeness (QED) is 0.710. The first kappa shape index (κ1) is 22.7. The summed E-state index contributed by atoms with van der Waals surface area (Å²) < 4.78 is 0. The van der Waals surface area contributed by atoms with Gasteiger partial charge in [-0.2, -0.15) is 0 Å². The van der Waals surface area contributed by atoms with E-state index >= 15 is 0 Å². The number of piperazine rings is 1. The number of benzene rings is 1. The van der Waals surface area contributed by atoms with E-state index < -0.39 is 0 Å². The fourth-order valence-electron chi connectivity index (χ4n) is 7.36. The average molecular weight is 472 g/mol. The van der Waals surface area contributed by atoms with Crippen LogP contribution in [-0.4, -0.2) is 53.7 Å². The Hall–Kier alpha value is -2.08. The van der Waals surface area contributed by atoms with Gasteiger partial charge in [0.2, 0.25) is 17.7 Å². The summed E-state index contributed by atoms with van der Waals surface area (Å²) in [5.41, 5.74) is 0.741. The van der Waals surface area contributed by atoms with Gasteiger partial charge in [0.15, 0.2) is 0 Å². The van der Waals surface area contributed by atoms with E-state index in [2.05, 4.69) is 5.32 Å². The van der Waals surface area contributed by atoms with Crippen molar-refractivity contribution in [2.45, 2.75) is 57.9 Å². The normalized spacial score (nSPS) is 31.4. The van der Waals surface area contributed by atoms with Gasteiger partial charge in [0.1, 0.15) is 0 Å². The van der Waals surface area contributed by atoms with Gasteiger partial charge < -0.3 is 15.1 Å². The Balaban J connectivity index is 1.19. The van der Waals surface area contributed by atoms with Gasteiger partial charge in [-0.3, -0.25) is 14.4 Å². The van der Waals surface area contributed by atoms with Crippen LogP contribution in [0.1, 0.15) is 63.5 Å². The van der Waals surface area contributed by atoms with Gasteiger partial charge in [0.25, 0.3) is 0 Å². The molecule has 178 valence electrons. The van der Waals surface area contributed by atoms with Gasteiger partial charge >= 0.3 is 0 Å². The minimum absolute atomic E-state index is 0.00519. The summed E-state index contributed by atoms with van der Waals surface area (Å²) in [5.74, 6) is 2.44. The lowest BCUT2D eigenvalue weighted by Crippen LogP contribution is -2.58. The summed E-state index contributed by atoms with van der Waals surface area (Å²) in [4.78, 5) is 42.3. The van der Waals surface area contributed by atoms with Crippen molar-refractivity contribution in [3.8, 4) is 0 Å². The van der Waals surface area contributed by atoms with Crippen molar-refractivity contribution < 1.29 is 14.4 Å². The fraction of sp³-hybridized carbons (Fsp3) is 0.654. The molecule has 1 unspecified atom stereocenters. The molecule has 6 rings (SSSR count). The standard InChI is InChI=1S/C26H34ClN3O3/c1-17(31)28-23(21-2-4-22(27)5-3-21)13-24(32)29-6-8-30(9-7-29)25(33)26-14-18-10-19(15-26)12-20(11-18)16-26/h2-5,18-20,23H,6-16H2,1H3,(H,28,31). The molecule has 33 heavy (non-hydrogen) atoms. The predicted molar refractivity (Wildman–Crippen MR) is 126 cm³/mol. The second-order valence-corrected chi connectivity index (χ2v) is 11.3. The molecule has 0 aromatic heterocycles. The maximum Gasteiger partial charge on any atom is 0.228 e. The van der Waals surface area contributed by atoms with E-state index in [1.807, 2.05) is 21.9 Å². The summed E-state index contributed by atoms with van der Waals surface area (Å²) in [6.07, 6.45) is 7.43. The second-order valence-electron chi connectivity index (χ2n) is 10.9. The molecule has 1 aromatic rings. The summed E-state index contributed by atoms with van der Waals surface area (Å²) in [6.45, 7) is 3.80. The van der Waals surface area contributed by atoms with E-state index in [1.54, 1.807) is 12.1 Å². The molecule has 0 radical (unpaired) electrons. The number of nitrogens with zero attached hydrogens (tertiary/aromatic N) is 2. The van der Waals surface area contributed by atoms with Crippen LogP contribution in [0.4, 0.5) is 0 Å². The molecule has 1 heterocycles. The molecule has 1 saturated heterocycles. The van der Waals surface area contributed by atoms with Crippen molar-refractivity contribution in [1.29, 1.82) is 0 Å². The van der Waals surface area contributed by atoms with Crippen LogP contribution in [0.25, 0.3) is 0 Å². The van der Waals surface area contributed by atoms with Crippen molar-refractivity contribution in [2.75, 3.05) is 26.2 Å². The topological polar surface area (TPSA) is 69.7 Å². The van der Waals surface area contributed by atoms with Crippen molar-refractivity contribution in [2.24, 2.45) is 23.2 Å². The van der Waals surface area contributed by atoms with Crippen molar-refractivity contribution >= 4 is 29.3 Å². The maximum absolute atomic E-state index is 13.6. The highest BCUT2D eigenvalue weighted by atomic mass is 35.5. The third-order valence-corrected chi connectivity index (χ3v) is 8.69. The minimum Gasteiger partial charge on any atom is -0.349 e. The number of nitrogens with one attached hydrogen (secondary N) is 1. The summed E-state index contributed by atoms with van der Waals surface area (Å²) in [7, 11) is 0. The van der Waals surface area contributed by atoms with Gasteiger partial charge in [-0.05, 0) is 74.0 Å². The van der Waals surface area contributed by atoms with Crippen LogP contribution in [0.15, 0.2) is 24.3 Å². The van der Waals surface area contributed by atoms with Crippen LogP contribution in [0.5, 0.6) is 0 Å². The summed E-state index contributed by atoms with van der Waals surface area (Å²) in [5, 5.41) is 3.51. The molecule has 4 aliphatic carbocycles. The van der Waals surface area contributed by atoms with Crippen molar-refractivity contribution in [1.82, 2.24) is 15.1 Å². The van der Waals surface area contributed by atoms with Crippen LogP contribution in [0, 0.1) is 23.2 Å². The SMILES string of the molecule is CC(=O)NC(CC(=O)N1CCN(C(=O)C23CC4CC(CC(C4)C2)C3)CC1)c1ccc(Cl)cc1. The molecule has 3 amide bonds. The average Bonchev–Trinajstić information content (AvgIpc) is 2.77. The van der Waals surface area contributed by atoms with Gasteiger partial charge in [-0.15, -0.1) is 0 Å². The summed E-state index contributed by atoms with van der Waals surface area (Å²) in [6, 6.07) is 6.84. The number of hydrogen-bond acceptors (Lipinski definition) is 3. The van der Waals surface area contributed by atoms with E-state index in [9.17, 15) is 14.4 Å². The molecule has 4 bridgehead atoms. The Bertz CT molecular complexity index is 888. The number of rotatable bonds is 5. The molecule has 7 heteroatoms. The first-order valence-electron chi connectivity index (χ1n) is 12.4. The Morgan fingerprint density at radius 2 is 1.45 bits per heavy atom. The van der Waals surface area contributed by atoms with Crippen LogP contribution in [0.3, 0.4) is 0 Å². The highest BCUT2D eigenvalue weighted by Gasteiger charge is 2.55. The Morgan fingerprint density at radius 1 is 0.939 bits per heavy atom. The molecular formula is C26H34ClN3O3. The fourth-order valence-corrected chi connectivity index (χ4v) is 7.49. The van der Waals surface area contributed by atoms with E-state index in [0.29, 0.717) is 37.1 Å². The lowest BCUT2D eigenvalue weighted by molar-refractivity contribution is -0.160.